The Kier molecular flexibility index (Phi) is 1.42. The number of esters is 1. The summed E-state index contributed by atoms with van der Waals surface area (Å²) < 4.78 is 5.10. The third-order valence-electron chi connectivity index (χ3n) is 2.90. The molecule has 2 rings (SSSR count). The van der Waals surface area contributed by atoms with E-state index in [1.54, 1.807) is 0 Å². The Balaban J connectivity index is 2.08. The lowest BCUT2D eigenvalue weighted by Gasteiger charge is -2.33. The van der Waals surface area contributed by atoms with Crippen LogP contribution >= 0.6 is 0 Å². The van der Waals surface area contributed by atoms with Crippen molar-refractivity contribution in [2.24, 2.45) is 11.1 Å². The molecule has 1 saturated carbocycles. The minimum atomic E-state index is -0.0932. The zero-order valence-electron chi connectivity index (χ0n) is 6.51. The van der Waals surface area contributed by atoms with E-state index < -0.39 is 0 Å². The van der Waals surface area contributed by atoms with Crippen LogP contribution in [0.4, 0.5) is 0 Å². The lowest BCUT2D eigenvalue weighted by Crippen LogP contribution is -2.33. The minimum Gasteiger partial charge on any atom is -0.461 e. The van der Waals surface area contributed by atoms with E-state index in [1.807, 2.05) is 0 Å². The van der Waals surface area contributed by atoms with Crippen molar-refractivity contribution in [2.45, 2.75) is 31.8 Å². The Morgan fingerprint density at radius 3 is 2.64 bits per heavy atom. The highest BCUT2D eigenvalue weighted by Crippen LogP contribution is 2.49. The van der Waals surface area contributed by atoms with Gasteiger partial charge in [0.1, 0.15) is 6.10 Å². The number of carbonyl (C=O) groups is 1. The number of hydrogen-bond donors (Lipinski definition) is 1. The molecule has 1 heterocycles. The van der Waals surface area contributed by atoms with Crippen LogP contribution in [0.15, 0.2) is 0 Å². The highest BCUT2D eigenvalue weighted by molar-refractivity contribution is 5.80. The first-order chi connectivity index (χ1) is 5.27. The molecule has 11 heavy (non-hydrogen) atoms. The fourth-order valence-corrected chi connectivity index (χ4v) is 1.98. The monoisotopic (exact) mass is 155 g/mol. The Bertz CT molecular complexity index is 187. The lowest BCUT2D eigenvalue weighted by molar-refractivity contribution is -0.152. The number of ether oxygens (including phenoxy) is 1. The predicted molar refractivity (Wildman–Crippen MR) is 39.8 cm³/mol. The van der Waals surface area contributed by atoms with Gasteiger partial charge in [0.25, 0.3) is 0 Å². The van der Waals surface area contributed by atoms with Gasteiger partial charge in [-0.2, -0.15) is 0 Å². The van der Waals surface area contributed by atoms with Crippen LogP contribution in [0, 0.1) is 5.41 Å². The highest BCUT2D eigenvalue weighted by Gasteiger charge is 2.52. The Hall–Kier alpha value is -0.570. The van der Waals surface area contributed by atoms with Crippen molar-refractivity contribution < 1.29 is 9.53 Å². The van der Waals surface area contributed by atoms with E-state index in [4.69, 9.17) is 10.5 Å². The number of nitrogens with two attached hydrogens (primary N) is 1. The van der Waals surface area contributed by atoms with E-state index in [0.717, 1.165) is 19.3 Å². The van der Waals surface area contributed by atoms with Gasteiger partial charge >= 0.3 is 5.97 Å². The standard InChI is InChI=1S/C8H13NO2/c9-5-6-4-8(2-1-3-8)7(10)11-6/h6H,1-5,9H2/t6-/m0/s1. The number of cyclic esters (lactones) is 1. The van der Waals surface area contributed by atoms with Gasteiger partial charge < -0.3 is 10.5 Å². The molecule has 3 nitrogen and oxygen atoms in total. The van der Waals surface area contributed by atoms with Crippen molar-refractivity contribution in [3.8, 4) is 0 Å². The molecular weight excluding hydrogens is 142 g/mol. The van der Waals surface area contributed by atoms with Gasteiger partial charge in [-0.25, -0.2) is 0 Å². The quantitative estimate of drug-likeness (QED) is 0.559. The van der Waals surface area contributed by atoms with Crippen LogP contribution in [-0.4, -0.2) is 18.6 Å². The van der Waals surface area contributed by atoms with Crippen molar-refractivity contribution in [3.05, 3.63) is 0 Å². The Labute approximate surface area is 65.9 Å². The molecule has 0 aromatic heterocycles. The smallest absolute Gasteiger partial charge is 0.312 e. The summed E-state index contributed by atoms with van der Waals surface area (Å²) in [6.45, 7) is 0.480. The molecule has 3 heteroatoms. The molecule has 1 saturated heterocycles. The van der Waals surface area contributed by atoms with Gasteiger partial charge in [0, 0.05) is 13.0 Å². The zero-order chi connectivity index (χ0) is 7.90. The average molecular weight is 155 g/mol. The molecule has 1 atom stereocenters. The molecule has 0 unspecified atom stereocenters. The Morgan fingerprint density at radius 2 is 2.36 bits per heavy atom. The molecule has 2 fully saturated rings. The van der Waals surface area contributed by atoms with Crippen LogP contribution in [-0.2, 0) is 9.53 Å². The molecule has 62 valence electrons. The van der Waals surface area contributed by atoms with E-state index in [9.17, 15) is 4.79 Å². The molecule has 0 radical (unpaired) electrons. The van der Waals surface area contributed by atoms with E-state index in [-0.39, 0.29) is 17.5 Å². The Morgan fingerprint density at radius 1 is 1.64 bits per heavy atom. The molecule has 1 spiro atoms. The first-order valence-electron chi connectivity index (χ1n) is 4.18. The summed E-state index contributed by atoms with van der Waals surface area (Å²) in [6, 6.07) is 0. The third kappa shape index (κ3) is 0.872. The van der Waals surface area contributed by atoms with Crippen molar-refractivity contribution in [1.29, 1.82) is 0 Å². The number of hydrogen-bond acceptors (Lipinski definition) is 3. The van der Waals surface area contributed by atoms with Crippen molar-refractivity contribution in [1.82, 2.24) is 0 Å². The van der Waals surface area contributed by atoms with E-state index in [2.05, 4.69) is 0 Å². The SMILES string of the molecule is NC[C@@H]1CC2(CCC2)C(=O)O1. The lowest BCUT2D eigenvalue weighted by atomic mass is 9.67. The topological polar surface area (TPSA) is 52.3 Å². The second-order valence-electron chi connectivity index (χ2n) is 3.60. The van der Waals surface area contributed by atoms with Gasteiger partial charge in [-0.15, -0.1) is 0 Å². The summed E-state index contributed by atoms with van der Waals surface area (Å²) in [5.41, 5.74) is 5.33. The maximum atomic E-state index is 11.3. The van der Waals surface area contributed by atoms with Gasteiger partial charge in [-0.05, 0) is 12.8 Å². The summed E-state index contributed by atoms with van der Waals surface area (Å²) in [4.78, 5) is 11.3. The summed E-state index contributed by atoms with van der Waals surface area (Å²) in [7, 11) is 0. The fourth-order valence-electron chi connectivity index (χ4n) is 1.98. The zero-order valence-corrected chi connectivity index (χ0v) is 6.51. The fraction of sp³-hybridized carbons (Fsp3) is 0.875. The summed E-state index contributed by atoms with van der Waals surface area (Å²) in [5, 5.41) is 0. The van der Waals surface area contributed by atoms with Crippen LogP contribution < -0.4 is 5.73 Å². The van der Waals surface area contributed by atoms with Crippen LogP contribution in [0.1, 0.15) is 25.7 Å². The predicted octanol–water partition coefficient (Wildman–Crippen LogP) is 0.431. The summed E-state index contributed by atoms with van der Waals surface area (Å²) in [6.07, 6.45) is 4.07. The maximum absolute atomic E-state index is 11.3. The second kappa shape index (κ2) is 2.21. The minimum absolute atomic E-state index is 0.000741. The first kappa shape index (κ1) is 7.10. The molecule has 2 aliphatic rings. The van der Waals surface area contributed by atoms with Gasteiger partial charge in [0.05, 0.1) is 5.41 Å². The van der Waals surface area contributed by atoms with Crippen molar-refractivity contribution in [2.75, 3.05) is 6.54 Å². The van der Waals surface area contributed by atoms with Crippen LogP contribution in [0.5, 0.6) is 0 Å². The first-order valence-corrected chi connectivity index (χ1v) is 4.18. The van der Waals surface area contributed by atoms with Crippen LogP contribution in [0.2, 0.25) is 0 Å². The normalized spacial score (nSPS) is 33.5. The molecule has 0 aromatic carbocycles. The van der Waals surface area contributed by atoms with Crippen LogP contribution in [0.25, 0.3) is 0 Å². The largest absolute Gasteiger partial charge is 0.461 e. The molecule has 1 aliphatic carbocycles. The highest BCUT2D eigenvalue weighted by atomic mass is 16.6. The van der Waals surface area contributed by atoms with Gasteiger partial charge in [-0.1, -0.05) is 6.42 Å². The molecule has 0 bridgehead atoms. The van der Waals surface area contributed by atoms with Gasteiger partial charge in [0.15, 0.2) is 0 Å². The third-order valence-corrected chi connectivity index (χ3v) is 2.90. The molecule has 0 aromatic rings. The average Bonchev–Trinajstić information content (AvgIpc) is 2.25. The number of rotatable bonds is 1. The van der Waals surface area contributed by atoms with E-state index in [1.165, 1.54) is 6.42 Å². The maximum Gasteiger partial charge on any atom is 0.312 e. The van der Waals surface area contributed by atoms with Gasteiger partial charge in [-0.3, -0.25) is 4.79 Å². The molecule has 1 aliphatic heterocycles. The number of carbonyl (C=O) groups excluding carboxylic acids is 1. The molecule has 0 amide bonds. The van der Waals surface area contributed by atoms with Gasteiger partial charge in [0.2, 0.25) is 0 Å². The van der Waals surface area contributed by atoms with Crippen molar-refractivity contribution in [3.63, 3.8) is 0 Å². The summed E-state index contributed by atoms with van der Waals surface area (Å²) >= 11 is 0. The van der Waals surface area contributed by atoms with E-state index >= 15 is 0 Å². The molecule has 2 N–H and O–H groups in total. The van der Waals surface area contributed by atoms with E-state index in [0.29, 0.717) is 6.54 Å². The summed E-state index contributed by atoms with van der Waals surface area (Å²) in [5.74, 6) is -0.000741. The van der Waals surface area contributed by atoms with Crippen LogP contribution in [0.3, 0.4) is 0 Å². The second-order valence-corrected chi connectivity index (χ2v) is 3.60. The van der Waals surface area contributed by atoms with Crippen molar-refractivity contribution >= 4 is 5.97 Å². The molecular formula is C8H13NO2.